The molecule has 1 fully saturated rings. The predicted octanol–water partition coefficient (Wildman–Crippen LogP) is 4.48. The lowest BCUT2D eigenvalue weighted by Gasteiger charge is -2.44. The van der Waals surface area contributed by atoms with Crippen molar-refractivity contribution in [2.75, 3.05) is 37.4 Å². The number of carbonyl (C=O) groups excluding carboxylic acids is 2. The summed E-state index contributed by atoms with van der Waals surface area (Å²) in [7, 11) is 3.24. The highest BCUT2D eigenvalue weighted by Gasteiger charge is 2.36. The summed E-state index contributed by atoms with van der Waals surface area (Å²) in [5.41, 5.74) is -3.47. The third-order valence-electron chi connectivity index (χ3n) is 7.26. The zero-order chi connectivity index (χ0) is 30.2. The molecular weight excluding hydrogens is 549 g/mol. The average molecular weight is 578 g/mol. The van der Waals surface area contributed by atoms with Crippen molar-refractivity contribution in [1.82, 2.24) is 15.2 Å². The van der Waals surface area contributed by atoms with Gasteiger partial charge in [0.25, 0.3) is 11.8 Å². The van der Waals surface area contributed by atoms with Gasteiger partial charge in [-0.15, -0.1) is 0 Å². The van der Waals surface area contributed by atoms with Gasteiger partial charge in [0.05, 0.1) is 28.1 Å². The lowest BCUT2D eigenvalue weighted by Crippen LogP contribution is -2.55. The summed E-state index contributed by atoms with van der Waals surface area (Å²) in [5.74, 6) is -3.52. The SMILES string of the molecule is CNC(=O)c1cc(-c2cc(NC(=O)c3c[nH]c(=O)cc3C(F)(F)F)c(N3C[C@@H](C)N(C)[C@@H](C)C3)cc2F)ccc1F. The quantitative estimate of drug-likeness (QED) is 0.389. The van der Waals surface area contributed by atoms with E-state index in [1.165, 1.54) is 19.2 Å². The molecule has 0 bridgehead atoms. The molecule has 4 rings (SSSR count). The number of amides is 2. The van der Waals surface area contributed by atoms with Crippen molar-refractivity contribution in [1.29, 1.82) is 0 Å². The minimum Gasteiger partial charge on any atom is -0.367 e. The molecule has 1 aliphatic rings. The Kier molecular flexibility index (Phi) is 8.20. The molecular formula is C28H28F5N5O3. The first kappa shape index (κ1) is 29.7. The molecule has 0 spiro atoms. The fraction of sp³-hybridized carbons (Fsp3) is 0.321. The van der Waals surface area contributed by atoms with Crippen molar-refractivity contribution in [3.05, 3.63) is 81.3 Å². The molecule has 2 atom stereocenters. The Morgan fingerprint density at radius 3 is 2.22 bits per heavy atom. The topological polar surface area (TPSA) is 97.5 Å². The molecule has 2 aromatic carbocycles. The van der Waals surface area contributed by atoms with E-state index in [0.717, 1.165) is 18.2 Å². The minimum absolute atomic E-state index is 0.0134. The molecule has 1 saturated heterocycles. The first-order chi connectivity index (χ1) is 19.2. The molecule has 1 aromatic heterocycles. The van der Waals surface area contributed by atoms with Crippen LogP contribution < -0.4 is 21.1 Å². The number of nitrogens with zero attached hydrogens (tertiary/aromatic N) is 2. The van der Waals surface area contributed by atoms with Gasteiger partial charge in [0.2, 0.25) is 5.56 Å². The molecule has 41 heavy (non-hydrogen) atoms. The van der Waals surface area contributed by atoms with Crippen LogP contribution in [0.25, 0.3) is 11.1 Å². The van der Waals surface area contributed by atoms with Crippen molar-refractivity contribution in [2.24, 2.45) is 0 Å². The van der Waals surface area contributed by atoms with Gasteiger partial charge in [-0.3, -0.25) is 19.3 Å². The molecule has 218 valence electrons. The second kappa shape index (κ2) is 11.3. The number of aromatic amines is 1. The van der Waals surface area contributed by atoms with Crippen LogP contribution in [0.3, 0.4) is 0 Å². The number of alkyl halides is 3. The number of rotatable bonds is 5. The maximum absolute atomic E-state index is 15.6. The van der Waals surface area contributed by atoms with Crippen molar-refractivity contribution in [3.8, 4) is 11.1 Å². The first-order valence-corrected chi connectivity index (χ1v) is 12.6. The Morgan fingerprint density at radius 1 is 0.951 bits per heavy atom. The highest BCUT2D eigenvalue weighted by molar-refractivity contribution is 6.07. The number of halogens is 5. The van der Waals surface area contributed by atoms with Gasteiger partial charge in [0.15, 0.2) is 0 Å². The summed E-state index contributed by atoms with van der Waals surface area (Å²) >= 11 is 0. The first-order valence-electron chi connectivity index (χ1n) is 12.6. The number of carbonyl (C=O) groups is 2. The zero-order valence-corrected chi connectivity index (χ0v) is 22.6. The molecule has 2 heterocycles. The molecule has 2 amide bonds. The maximum Gasteiger partial charge on any atom is 0.417 e. The Labute approximate surface area is 232 Å². The number of hydrogen-bond acceptors (Lipinski definition) is 5. The van der Waals surface area contributed by atoms with Crippen LogP contribution in [0.2, 0.25) is 0 Å². The molecule has 0 radical (unpaired) electrons. The van der Waals surface area contributed by atoms with Crippen LogP contribution in [0, 0.1) is 11.6 Å². The van der Waals surface area contributed by atoms with Crippen LogP contribution in [0.5, 0.6) is 0 Å². The number of benzene rings is 2. The molecule has 0 saturated carbocycles. The van der Waals surface area contributed by atoms with Gasteiger partial charge >= 0.3 is 6.18 Å². The molecule has 0 aliphatic carbocycles. The number of anilines is 2. The zero-order valence-electron chi connectivity index (χ0n) is 22.6. The number of nitrogens with one attached hydrogen (secondary N) is 3. The monoisotopic (exact) mass is 577 g/mol. The molecule has 3 aromatic rings. The summed E-state index contributed by atoms with van der Waals surface area (Å²) in [4.78, 5) is 42.9. The second-order valence-electron chi connectivity index (χ2n) is 9.97. The van der Waals surface area contributed by atoms with E-state index in [1.807, 2.05) is 25.8 Å². The number of pyridine rings is 1. The Morgan fingerprint density at radius 2 is 1.61 bits per heavy atom. The van der Waals surface area contributed by atoms with Crippen molar-refractivity contribution in [3.63, 3.8) is 0 Å². The summed E-state index contributed by atoms with van der Waals surface area (Å²) in [6.07, 6.45) is -4.33. The van der Waals surface area contributed by atoms with Gasteiger partial charge in [0, 0.05) is 50.0 Å². The van der Waals surface area contributed by atoms with Gasteiger partial charge < -0.3 is 20.5 Å². The number of H-pyrrole nitrogens is 1. The van der Waals surface area contributed by atoms with E-state index in [9.17, 15) is 31.9 Å². The lowest BCUT2D eigenvalue weighted by atomic mass is 9.99. The number of piperazine rings is 1. The van der Waals surface area contributed by atoms with Crippen LogP contribution in [0.15, 0.2) is 47.4 Å². The number of hydrogen-bond donors (Lipinski definition) is 3. The van der Waals surface area contributed by atoms with Crippen LogP contribution >= 0.6 is 0 Å². The fourth-order valence-corrected chi connectivity index (χ4v) is 4.83. The third kappa shape index (κ3) is 6.09. The fourth-order valence-electron chi connectivity index (χ4n) is 4.83. The molecule has 1 aliphatic heterocycles. The van der Waals surface area contributed by atoms with E-state index in [0.29, 0.717) is 19.3 Å². The van der Waals surface area contributed by atoms with E-state index in [1.54, 1.807) is 0 Å². The van der Waals surface area contributed by atoms with Crippen molar-refractivity contribution in [2.45, 2.75) is 32.1 Å². The normalized spacial score (nSPS) is 17.8. The standard InChI is InChI=1S/C28H28F5N5O3/c1-14-12-38(13-15(2)37(14)4)24-10-22(30)17(16-5-6-21(29)18(7-16)26(40)34-3)8-23(24)36-27(41)19-11-35-25(39)9-20(19)28(31,32)33/h5-11,14-15H,12-13H2,1-4H3,(H,34,40)(H,35,39)(H,36,41)/t14-,15+. The summed E-state index contributed by atoms with van der Waals surface area (Å²) in [6, 6.07) is 6.09. The largest absolute Gasteiger partial charge is 0.417 e. The van der Waals surface area contributed by atoms with E-state index in [4.69, 9.17) is 0 Å². The average Bonchev–Trinajstić information content (AvgIpc) is 2.91. The Bertz CT molecular complexity index is 1540. The third-order valence-corrected chi connectivity index (χ3v) is 7.26. The van der Waals surface area contributed by atoms with E-state index < -0.39 is 46.3 Å². The van der Waals surface area contributed by atoms with Crippen LogP contribution in [-0.4, -0.2) is 61.0 Å². The number of aromatic nitrogens is 1. The maximum atomic E-state index is 15.6. The molecule has 0 unspecified atom stereocenters. The summed E-state index contributed by atoms with van der Waals surface area (Å²) in [5, 5.41) is 4.76. The van der Waals surface area contributed by atoms with Crippen molar-refractivity contribution >= 4 is 23.2 Å². The smallest absolute Gasteiger partial charge is 0.367 e. The van der Waals surface area contributed by atoms with Gasteiger partial charge in [-0.25, -0.2) is 8.78 Å². The van der Waals surface area contributed by atoms with Gasteiger partial charge in [-0.05, 0) is 50.7 Å². The Balaban J connectivity index is 1.86. The lowest BCUT2D eigenvalue weighted by molar-refractivity contribution is -0.138. The minimum atomic E-state index is -5.00. The van der Waals surface area contributed by atoms with Gasteiger partial charge in [-0.1, -0.05) is 6.07 Å². The van der Waals surface area contributed by atoms with Gasteiger partial charge in [0.1, 0.15) is 11.6 Å². The highest BCUT2D eigenvalue weighted by atomic mass is 19.4. The van der Waals surface area contributed by atoms with E-state index >= 15 is 4.39 Å². The van der Waals surface area contributed by atoms with E-state index in [2.05, 4.69) is 20.5 Å². The second-order valence-corrected chi connectivity index (χ2v) is 9.97. The Hall–Kier alpha value is -4.26. The molecule has 13 heteroatoms. The van der Waals surface area contributed by atoms with Crippen molar-refractivity contribution < 1.29 is 31.5 Å². The van der Waals surface area contributed by atoms with Gasteiger partial charge in [-0.2, -0.15) is 13.2 Å². The summed E-state index contributed by atoms with van der Waals surface area (Å²) < 4.78 is 70.9. The number of likely N-dealkylation sites (N-methyl/N-ethyl adjacent to an activating group) is 1. The molecule has 3 N–H and O–H groups in total. The van der Waals surface area contributed by atoms with Crippen LogP contribution in [0.4, 0.5) is 33.3 Å². The highest BCUT2D eigenvalue weighted by Crippen LogP contribution is 2.37. The van der Waals surface area contributed by atoms with E-state index in [-0.39, 0.29) is 46.2 Å². The predicted molar refractivity (Wildman–Crippen MR) is 144 cm³/mol. The summed E-state index contributed by atoms with van der Waals surface area (Å²) in [6.45, 7) is 4.76. The molecule has 8 nitrogen and oxygen atoms in total. The van der Waals surface area contributed by atoms with Crippen LogP contribution in [0.1, 0.15) is 40.1 Å². The van der Waals surface area contributed by atoms with Crippen LogP contribution in [-0.2, 0) is 6.18 Å².